The minimum atomic E-state index is -0.892. The highest BCUT2D eigenvalue weighted by atomic mass is 16.5. The number of aliphatic carboxylic acids is 1. The highest BCUT2D eigenvalue weighted by Gasteiger charge is 2.25. The van der Waals surface area contributed by atoms with Gasteiger partial charge < -0.3 is 9.84 Å². The van der Waals surface area contributed by atoms with Crippen LogP contribution in [0.1, 0.15) is 19.3 Å². The van der Waals surface area contributed by atoms with Crippen molar-refractivity contribution in [2.75, 3.05) is 26.2 Å². The van der Waals surface area contributed by atoms with Crippen LogP contribution in [-0.2, 0) is 9.53 Å². The predicted octanol–water partition coefficient (Wildman–Crippen LogP) is 0.466. The van der Waals surface area contributed by atoms with Crippen LogP contribution in [0.5, 0.6) is 0 Å². The van der Waals surface area contributed by atoms with E-state index in [2.05, 4.69) is 11.0 Å². The third-order valence-corrected chi connectivity index (χ3v) is 2.44. The van der Waals surface area contributed by atoms with Gasteiger partial charge in [-0.15, -0.1) is 0 Å². The summed E-state index contributed by atoms with van der Waals surface area (Å²) in [5.41, 5.74) is 0. The first-order chi connectivity index (χ1) is 7.24. The minimum absolute atomic E-state index is 0.460. The number of unbranched alkanes of at least 4 members (excludes halogenated alkanes) is 2. The molecule has 0 aromatic carbocycles. The van der Waals surface area contributed by atoms with E-state index in [9.17, 15) is 4.79 Å². The molecule has 0 saturated carbocycles. The number of carboxylic acid groups (broad SMARTS) is 1. The molecule has 5 nitrogen and oxygen atoms in total. The number of carboxylic acids is 1. The average molecular weight is 212 g/mol. The van der Waals surface area contributed by atoms with Gasteiger partial charge in [-0.2, -0.15) is 5.26 Å². The van der Waals surface area contributed by atoms with E-state index < -0.39 is 12.1 Å². The number of hydrogen-bond donors (Lipinski definition) is 1. The van der Waals surface area contributed by atoms with Gasteiger partial charge >= 0.3 is 5.97 Å². The lowest BCUT2D eigenvalue weighted by atomic mass is 10.2. The molecule has 0 amide bonds. The van der Waals surface area contributed by atoms with E-state index in [0.717, 1.165) is 25.9 Å². The first-order valence-corrected chi connectivity index (χ1v) is 5.17. The zero-order chi connectivity index (χ0) is 11.1. The van der Waals surface area contributed by atoms with Gasteiger partial charge in [0.05, 0.1) is 12.7 Å². The molecule has 1 aliphatic heterocycles. The second kappa shape index (κ2) is 6.38. The van der Waals surface area contributed by atoms with Crippen LogP contribution < -0.4 is 0 Å². The van der Waals surface area contributed by atoms with Gasteiger partial charge in [0, 0.05) is 19.5 Å². The van der Waals surface area contributed by atoms with Crippen molar-refractivity contribution in [1.82, 2.24) is 4.90 Å². The van der Waals surface area contributed by atoms with Crippen LogP contribution in [0, 0.1) is 11.3 Å². The van der Waals surface area contributed by atoms with Crippen molar-refractivity contribution >= 4 is 5.97 Å². The maximum absolute atomic E-state index is 10.7. The fourth-order valence-electron chi connectivity index (χ4n) is 1.59. The lowest BCUT2D eigenvalue weighted by Gasteiger charge is -2.30. The lowest BCUT2D eigenvalue weighted by molar-refractivity contribution is -0.156. The Kier molecular flexibility index (Phi) is 5.08. The largest absolute Gasteiger partial charge is 0.479 e. The van der Waals surface area contributed by atoms with Crippen molar-refractivity contribution in [2.45, 2.75) is 25.4 Å². The summed E-state index contributed by atoms with van der Waals surface area (Å²) < 4.78 is 5.10. The summed E-state index contributed by atoms with van der Waals surface area (Å²) in [6.07, 6.45) is 1.72. The molecule has 0 spiro atoms. The second-order valence-electron chi connectivity index (χ2n) is 3.61. The van der Waals surface area contributed by atoms with Gasteiger partial charge in [-0.05, 0) is 19.4 Å². The molecule has 0 aliphatic carbocycles. The van der Waals surface area contributed by atoms with Crippen LogP contribution >= 0.6 is 0 Å². The molecule has 15 heavy (non-hydrogen) atoms. The van der Waals surface area contributed by atoms with Gasteiger partial charge in [0.2, 0.25) is 0 Å². The van der Waals surface area contributed by atoms with Gasteiger partial charge in [0.15, 0.2) is 6.10 Å². The Morgan fingerprint density at radius 3 is 3.07 bits per heavy atom. The van der Waals surface area contributed by atoms with Crippen molar-refractivity contribution in [1.29, 1.82) is 5.26 Å². The molecular formula is C10H16N2O3. The molecular weight excluding hydrogens is 196 g/mol. The van der Waals surface area contributed by atoms with Gasteiger partial charge in [-0.3, -0.25) is 4.90 Å². The summed E-state index contributed by atoms with van der Waals surface area (Å²) in [4.78, 5) is 12.8. The van der Waals surface area contributed by atoms with E-state index in [0.29, 0.717) is 19.6 Å². The molecule has 1 fully saturated rings. The van der Waals surface area contributed by atoms with Crippen LogP contribution in [0.25, 0.3) is 0 Å². The highest BCUT2D eigenvalue weighted by molar-refractivity contribution is 5.72. The smallest absolute Gasteiger partial charge is 0.334 e. The van der Waals surface area contributed by atoms with Crippen LogP contribution in [0.4, 0.5) is 0 Å². The Labute approximate surface area is 89.2 Å². The van der Waals surface area contributed by atoms with Crippen LogP contribution in [0.2, 0.25) is 0 Å². The van der Waals surface area contributed by atoms with Crippen molar-refractivity contribution in [3.05, 3.63) is 0 Å². The molecule has 1 saturated heterocycles. The lowest BCUT2D eigenvalue weighted by Crippen LogP contribution is -2.46. The predicted molar refractivity (Wildman–Crippen MR) is 53.3 cm³/mol. The van der Waals surface area contributed by atoms with Crippen molar-refractivity contribution < 1.29 is 14.6 Å². The van der Waals surface area contributed by atoms with E-state index in [1.165, 1.54) is 0 Å². The third kappa shape index (κ3) is 4.28. The molecule has 0 bridgehead atoms. The fraction of sp³-hybridized carbons (Fsp3) is 0.800. The van der Waals surface area contributed by atoms with Gasteiger partial charge in [0.25, 0.3) is 0 Å². The number of nitrogens with zero attached hydrogens (tertiary/aromatic N) is 2. The topological polar surface area (TPSA) is 73.6 Å². The van der Waals surface area contributed by atoms with Gasteiger partial charge in [-0.1, -0.05) is 0 Å². The Bertz CT molecular complexity index is 250. The summed E-state index contributed by atoms with van der Waals surface area (Å²) in [5, 5.41) is 17.1. The van der Waals surface area contributed by atoms with E-state index in [1.54, 1.807) is 0 Å². The molecule has 1 N–H and O–H groups in total. The van der Waals surface area contributed by atoms with Crippen molar-refractivity contribution in [3.8, 4) is 6.07 Å². The summed E-state index contributed by atoms with van der Waals surface area (Å²) in [7, 11) is 0. The number of hydrogen-bond acceptors (Lipinski definition) is 4. The van der Waals surface area contributed by atoms with E-state index in [-0.39, 0.29) is 0 Å². The first-order valence-electron chi connectivity index (χ1n) is 5.17. The molecule has 1 rings (SSSR count). The number of carbonyl (C=O) groups is 1. The summed E-state index contributed by atoms with van der Waals surface area (Å²) in [6, 6.07) is 2.10. The van der Waals surface area contributed by atoms with Crippen LogP contribution in [-0.4, -0.2) is 48.3 Å². The molecule has 1 unspecified atom stereocenters. The number of nitriles is 1. The van der Waals surface area contributed by atoms with E-state index in [4.69, 9.17) is 15.1 Å². The Balaban J connectivity index is 2.19. The molecule has 84 valence electrons. The van der Waals surface area contributed by atoms with E-state index in [1.807, 2.05) is 0 Å². The molecule has 1 heterocycles. The fourth-order valence-corrected chi connectivity index (χ4v) is 1.59. The van der Waals surface area contributed by atoms with Crippen molar-refractivity contribution in [3.63, 3.8) is 0 Å². The summed E-state index contributed by atoms with van der Waals surface area (Å²) >= 11 is 0. The number of morpholine rings is 1. The average Bonchev–Trinajstić information content (AvgIpc) is 2.25. The van der Waals surface area contributed by atoms with Crippen LogP contribution in [0.15, 0.2) is 0 Å². The van der Waals surface area contributed by atoms with Gasteiger partial charge in [-0.25, -0.2) is 4.79 Å². The zero-order valence-electron chi connectivity index (χ0n) is 8.69. The highest BCUT2D eigenvalue weighted by Crippen LogP contribution is 2.07. The number of rotatable bonds is 5. The Morgan fingerprint density at radius 2 is 2.40 bits per heavy atom. The van der Waals surface area contributed by atoms with Gasteiger partial charge in [0.1, 0.15) is 0 Å². The quantitative estimate of drug-likeness (QED) is 0.670. The van der Waals surface area contributed by atoms with E-state index >= 15 is 0 Å². The molecule has 1 aliphatic rings. The molecule has 0 radical (unpaired) electrons. The van der Waals surface area contributed by atoms with Crippen LogP contribution in [0.3, 0.4) is 0 Å². The summed E-state index contributed by atoms with van der Waals surface area (Å²) in [6.45, 7) is 2.59. The minimum Gasteiger partial charge on any atom is -0.479 e. The normalized spacial score (nSPS) is 22.2. The Morgan fingerprint density at radius 1 is 1.60 bits per heavy atom. The zero-order valence-corrected chi connectivity index (χ0v) is 8.69. The Hall–Kier alpha value is -1.12. The molecule has 1 atom stereocenters. The third-order valence-electron chi connectivity index (χ3n) is 2.44. The standard InChI is InChI=1S/C10H16N2O3/c11-4-2-1-3-5-12-6-7-15-9(8-12)10(13)14/h9H,1-3,5-8H2,(H,13,14). The summed E-state index contributed by atoms with van der Waals surface area (Å²) in [5.74, 6) is -0.892. The van der Waals surface area contributed by atoms with Crippen molar-refractivity contribution in [2.24, 2.45) is 0 Å². The molecule has 0 aromatic rings. The molecule has 0 aromatic heterocycles. The first kappa shape index (κ1) is 12.0. The monoisotopic (exact) mass is 212 g/mol. The SMILES string of the molecule is N#CCCCCN1CCOC(C(=O)O)C1. The maximum atomic E-state index is 10.7. The molecule has 5 heteroatoms. The second-order valence-corrected chi connectivity index (χ2v) is 3.61. The maximum Gasteiger partial charge on any atom is 0.334 e. The number of ether oxygens (including phenoxy) is 1.